The molecular formula is C13H21BrN2O. The molecule has 2 N–H and O–H groups in total. The molecule has 1 aromatic carbocycles. The second-order valence-electron chi connectivity index (χ2n) is 4.07. The largest absolute Gasteiger partial charge is 0.383 e. The summed E-state index contributed by atoms with van der Waals surface area (Å²) in [4.78, 5) is 2.32. The van der Waals surface area contributed by atoms with Crippen molar-refractivity contribution in [3.63, 3.8) is 0 Å². The molecule has 0 fully saturated rings. The van der Waals surface area contributed by atoms with Crippen LogP contribution in [0.25, 0.3) is 0 Å². The van der Waals surface area contributed by atoms with E-state index in [1.54, 1.807) is 7.11 Å². The lowest BCUT2D eigenvalue weighted by molar-refractivity contribution is 0.182. The van der Waals surface area contributed by atoms with E-state index in [0.29, 0.717) is 19.2 Å². The molecule has 0 heterocycles. The minimum atomic E-state index is 0.338. The lowest BCUT2D eigenvalue weighted by Gasteiger charge is -2.31. The number of hydrogen-bond acceptors (Lipinski definition) is 3. The van der Waals surface area contributed by atoms with Crippen LogP contribution >= 0.6 is 15.9 Å². The summed E-state index contributed by atoms with van der Waals surface area (Å²) in [6, 6.07) is 6.56. The summed E-state index contributed by atoms with van der Waals surface area (Å²) in [5, 5.41) is 0. The Bertz CT molecular complexity index is 357. The smallest absolute Gasteiger partial charge is 0.0663 e. The highest BCUT2D eigenvalue weighted by Gasteiger charge is 2.15. The molecule has 0 saturated carbocycles. The summed E-state index contributed by atoms with van der Waals surface area (Å²) in [5.41, 5.74) is 8.15. The van der Waals surface area contributed by atoms with Gasteiger partial charge >= 0.3 is 0 Å². The Kier molecular flexibility index (Phi) is 5.95. The molecule has 4 heteroatoms. The van der Waals surface area contributed by atoms with Crippen molar-refractivity contribution >= 4 is 21.6 Å². The maximum Gasteiger partial charge on any atom is 0.0663 e. The number of anilines is 1. The maximum atomic E-state index is 5.79. The highest BCUT2D eigenvalue weighted by atomic mass is 79.9. The van der Waals surface area contributed by atoms with Crippen molar-refractivity contribution in [3.8, 4) is 0 Å². The molecule has 1 aromatic rings. The van der Waals surface area contributed by atoms with Gasteiger partial charge in [0.25, 0.3) is 0 Å². The van der Waals surface area contributed by atoms with Crippen LogP contribution in [0.4, 0.5) is 5.69 Å². The molecule has 96 valence electrons. The van der Waals surface area contributed by atoms with Crippen LogP contribution in [0, 0.1) is 0 Å². The summed E-state index contributed by atoms with van der Waals surface area (Å²) in [5.74, 6) is 0. The topological polar surface area (TPSA) is 38.5 Å². The van der Waals surface area contributed by atoms with Crippen LogP contribution in [0.5, 0.6) is 0 Å². The summed E-state index contributed by atoms with van der Waals surface area (Å²) in [6.07, 6.45) is 0. The number of likely N-dealkylation sites (N-methyl/N-ethyl adjacent to an activating group) is 1. The molecule has 0 amide bonds. The summed E-state index contributed by atoms with van der Waals surface area (Å²) in [6.45, 7) is 6.51. The SMILES string of the molecule is CCN(c1cc(Br)ccc1CN)C(C)COC. The molecule has 0 spiro atoms. The fraction of sp³-hybridized carbons (Fsp3) is 0.538. The molecule has 1 atom stereocenters. The van der Waals surface area contributed by atoms with E-state index >= 15 is 0 Å². The van der Waals surface area contributed by atoms with Gasteiger partial charge in [0.2, 0.25) is 0 Å². The number of halogens is 1. The summed E-state index contributed by atoms with van der Waals surface area (Å²) < 4.78 is 6.30. The van der Waals surface area contributed by atoms with Gasteiger partial charge in [-0.15, -0.1) is 0 Å². The molecule has 0 aromatic heterocycles. The molecule has 17 heavy (non-hydrogen) atoms. The average molecular weight is 301 g/mol. The first-order chi connectivity index (χ1) is 8.13. The number of methoxy groups -OCH3 is 1. The minimum Gasteiger partial charge on any atom is -0.383 e. The lowest BCUT2D eigenvalue weighted by Crippen LogP contribution is -2.37. The standard InChI is InChI=1S/C13H21BrN2O/c1-4-16(10(2)9-17-3)13-7-12(14)6-5-11(13)8-15/h5-7,10H,4,8-9,15H2,1-3H3. The van der Waals surface area contributed by atoms with Crippen LogP contribution < -0.4 is 10.6 Å². The zero-order valence-corrected chi connectivity index (χ0v) is 12.3. The second-order valence-corrected chi connectivity index (χ2v) is 4.98. The van der Waals surface area contributed by atoms with E-state index in [9.17, 15) is 0 Å². The van der Waals surface area contributed by atoms with Crippen molar-refractivity contribution in [2.24, 2.45) is 5.73 Å². The van der Waals surface area contributed by atoms with Gasteiger partial charge in [-0.05, 0) is 31.5 Å². The summed E-state index contributed by atoms with van der Waals surface area (Å²) in [7, 11) is 1.73. The van der Waals surface area contributed by atoms with Gasteiger partial charge in [0.1, 0.15) is 0 Å². The van der Waals surface area contributed by atoms with Gasteiger partial charge in [0.05, 0.1) is 6.61 Å². The third kappa shape index (κ3) is 3.69. The normalized spacial score (nSPS) is 12.5. The molecule has 3 nitrogen and oxygen atoms in total. The van der Waals surface area contributed by atoms with Crippen molar-refractivity contribution in [2.45, 2.75) is 26.4 Å². The van der Waals surface area contributed by atoms with Crippen molar-refractivity contribution in [2.75, 3.05) is 25.2 Å². The number of hydrogen-bond donors (Lipinski definition) is 1. The predicted molar refractivity (Wildman–Crippen MR) is 76.4 cm³/mol. The van der Waals surface area contributed by atoms with E-state index < -0.39 is 0 Å². The van der Waals surface area contributed by atoms with Gasteiger partial charge in [-0.2, -0.15) is 0 Å². The average Bonchev–Trinajstić information content (AvgIpc) is 2.31. The van der Waals surface area contributed by atoms with Gasteiger partial charge in [-0.1, -0.05) is 22.0 Å². The van der Waals surface area contributed by atoms with Gasteiger partial charge < -0.3 is 15.4 Å². The Labute approximate surface area is 112 Å². The zero-order chi connectivity index (χ0) is 12.8. The Morgan fingerprint density at radius 1 is 1.47 bits per heavy atom. The fourth-order valence-electron chi connectivity index (χ4n) is 2.03. The minimum absolute atomic E-state index is 0.338. The maximum absolute atomic E-state index is 5.79. The van der Waals surface area contributed by atoms with Crippen molar-refractivity contribution in [1.82, 2.24) is 0 Å². The van der Waals surface area contributed by atoms with Gasteiger partial charge in [-0.3, -0.25) is 0 Å². The van der Waals surface area contributed by atoms with Crippen molar-refractivity contribution < 1.29 is 4.74 Å². The molecule has 1 rings (SSSR count). The van der Waals surface area contributed by atoms with Crippen molar-refractivity contribution in [3.05, 3.63) is 28.2 Å². The van der Waals surface area contributed by atoms with Gasteiger partial charge in [0, 0.05) is 36.4 Å². The second kappa shape index (κ2) is 6.99. The number of rotatable bonds is 6. The highest BCUT2D eigenvalue weighted by Crippen LogP contribution is 2.26. The number of ether oxygens (including phenoxy) is 1. The predicted octanol–water partition coefficient (Wildman–Crippen LogP) is 2.77. The molecule has 0 bridgehead atoms. The van der Waals surface area contributed by atoms with Gasteiger partial charge in [0.15, 0.2) is 0 Å². The Balaban J connectivity index is 3.05. The van der Waals surface area contributed by atoms with Crippen molar-refractivity contribution in [1.29, 1.82) is 0 Å². The Hall–Kier alpha value is -0.580. The van der Waals surface area contributed by atoms with E-state index in [1.807, 2.05) is 6.07 Å². The molecule has 0 aliphatic heterocycles. The van der Waals surface area contributed by atoms with Gasteiger partial charge in [-0.25, -0.2) is 0 Å². The van der Waals surface area contributed by atoms with E-state index in [0.717, 1.165) is 16.6 Å². The van der Waals surface area contributed by atoms with E-state index in [1.165, 1.54) is 5.69 Å². The monoisotopic (exact) mass is 300 g/mol. The van der Waals surface area contributed by atoms with E-state index in [-0.39, 0.29) is 0 Å². The molecule has 0 aliphatic carbocycles. The Morgan fingerprint density at radius 3 is 2.71 bits per heavy atom. The Morgan fingerprint density at radius 2 is 2.18 bits per heavy atom. The first-order valence-electron chi connectivity index (χ1n) is 5.88. The van der Waals surface area contributed by atoms with Crippen LogP contribution in [-0.2, 0) is 11.3 Å². The first-order valence-corrected chi connectivity index (χ1v) is 6.67. The van der Waals surface area contributed by atoms with Crippen LogP contribution in [0.15, 0.2) is 22.7 Å². The number of nitrogens with zero attached hydrogens (tertiary/aromatic N) is 1. The highest BCUT2D eigenvalue weighted by molar-refractivity contribution is 9.10. The fourth-order valence-corrected chi connectivity index (χ4v) is 2.38. The first kappa shape index (κ1) is 14.5. The summed E-state index contributed by atoms with van der Waals surface area (Å²) >= 11 is 3.51. The number of benzene rings is 1. The van der Waals surface area contributed by atoms with E-state index in [2.05, 4.69) is 46.8 Å². The zero-order valence-electron chi connectivity index (χ0n) is 10.7. The molecular weight excluding hydrogens is 280 g/mol. The molecule has 1 unspecified atom stereocenters. The van der Waals surface area contributed by atoms with Crippen LogP contribution in [0.3, 0.4) is 0 Å². The van der Waals surface area contributed by atoms with Crippen LogP contribution in [-0.4, -0.2) is 26.3 Å². The molecule has 0 aliphatic rings. The van der Waals surface area contributed by atoms with E-state index in [4.69, 9.17) is 10.5 Å². The van der Waals surface area contributed by atoms with Crippen LogP contribution in [0.2, 0.25) is 0 Å². The molecule has 0 saturated heterocycles. The quantitative estimate of drug-likeness (QED) is 0.878. The molecule has 0 radical (unpaired) electrons. The third-order valence-corrected chi connectivity index (χ3v) is 3.35. The number of nitrogens with two attached hydrogens (primary N) is 1. The van der Waals surface area contributed by atoms with Crippen LogP contribution in [0.1, 0.15) is 19.4 Å². The third-order valence-electron chi connectivity index (χ3n) is 2.86. The lowest BCUT2D eigenvalue weighted by atomic mass is 10.1.